The van der Waals surface area contributed by atoms with Crippen molar-refractivity contribution in [2.75, 3.05) is 25.0 Å². The molecule has 1 unspecified atom stereocenters. The van der Waals surface area contributed by atoms with E-state index in [1.54, 1.807) is 11.1 Å². The molecule has 23 heavy (non-hydrogen) atoms. The third-order valence-electron chi connectivity index (χ3n) is 3.86. The van der Waals surface area contributed by atoms with Crippen LogP contribution in [0.3, 0.4) is 0 Å². The minimum absolute atomic E-state index is 0.0661. The molecular weight excluding hydrogens is 298 g/mol. The van der Waals surface area contributed by atoms with Crippen LogP contribution in [-0.4, -0.2) is 51.7 Å². The van der Waals surface area contributed by atoms with Crippen LogP contribution in [0, 0.1) is 6.92 Å². The van der Waals surface area contributed by atoms with Gasteiger partial charge in [0.25, 0.3) is 0 Å². The quantitative estimate of drug-likeness (QED) is 0.926. The van der Waals surface area contributed by atoms with Crippen LogP contribution in [0.5, 0.6) is 0 Å². The van der Waals surface area contributed by atoms with Crippen LogP contribution in [-0.2, 0) is 17.7 Å². The number of morpholine rings is 1. The number of carbonyl (C=O) groups is 1. The molecule has 3 heterocycles. The molecule has 3 rings (SSSR count). The molecule has 0 saturated carbocycles. The average Bonchev–Trinajstić information content (AvgIpc) is 3.18. The van der Waals surface area contributed by atoms with Crippen LogP contribution in [0.2, 0.25) is 0 Å². The lowest BCUT2D eigenvalue weighted by atomic mass is 10.2. The molecule has 1 aliphatic rings. The second kappa shape index (κ2) is 6.82. The SMILES string of the molecule is CCc1onc(C)c1NC(=O)N1CCOC(Cn2cccn2)C1. The number of hydrogen-bond donors (Lipinski definition) is 1. The van der Waals surface area contributed by atoms with Crippen molar-refractivity contribution < 1.29 is 14.1 Å². The summed E-state index contributed by atoms with van der Waals surface area (Å²) in [7, 11) is 0. The molecule has 2 amide bonds. The van der Waals surface area contributed by atoms with E-state index in [2.05, 4.69) is 15.6 Å². The number of aromatic nitrogens is 3. The molecule has 0 spiro atoms. The van der Waals surface area contributed by atoms with Gasteiger partial charge in [-0.25, -0.2) is 4.79 Å². The number of amides is 2. The first-order chi connectivity index (χ1) is 11.2. The number of aryl methyl sites for hydroxylation is 2. The third-order valence-corrected chi connectivity index (χ3v) is 3.86. The average molecular weight is 319 g/mol. The molecule has 0 aromatic carbocycles. The molecule has 2 aromatic rings. The van der Waals surface area contributed by atoms with Gasteiger partial charge in [-0.3, -0.25) is 4.68 Å². The summed E-state index contributed by atoms with van der Waals surface area (Å²) >= 11 is 0. The van der Waals surface area contributed by atoms with Crippen LogP contribution >= 0.6 is 0 Å². The zero-order chi connectivity index (χ0) is 16.2. The minimum atomic E-state index is -0.153. The number of urea groups is 1. The van der Waals surface area contributed by atoms with Crippen LogP contribution in [0.25, 0.3) is 0 Å². The van der Waals surface area contributed by atoms with Crippen molar-refractivity contribution >= 4 is 11.7 Å². The highest BCUT2D eigenvalue weighted by molar-refractivity contribution is 5.90. The second-order valence-corrected chi connectivity index (χ2v) is 5.52. The summed E-state index contributed by atoms with van der Waals surface area (Å²) in [5.41, 5.74) is 1.36. The van der Waals surface area contributed by atoms with Crippen molar-refractivity contribution in [1.29, 1.82) is 0 Å². The summed E-state index contributed by atoms with van der Waals surface area (Å²) in [6.45, 7) is 6.01. The molecular formula is C15H21N5O3. The molecule has 1 aliphatic heterocycles. The Kier molecular flexibility index (Phi) is 4.61. The molecule has 0 aliphatic carbocycles. The molecule has 0 bridgehead atoms. The lowest BCUT2D eigenvalue weighted by Crippen LogP contribution is -2.48. The van der Waals surface area contributed by atoms with E-state index in [-0.39, 0.29) is 12.1 Å². The molecule has 1 atom stereocenters. The Labute approximate surface area is 134 Å². The normalized spacial score (nSPS) is 18.2. The second-order valence-electron chi connectivity index (χ2n) is 5.52. The predicted octanol–water partition coefficient (Wildman–Crippen LogP) is 1.67. The predicted molar refractivity (Wildman–Crippen MR) is 83.2 cm³/mol. The van der Waals surface area contributed by atoms with E-state index in [0.717, 1.165) is 0 Å². The Morgan fingerprint density at radius 2 is 2.39 bits per heavy atom. The Balaban J connectivity index is 1.61. The Morgan fingerprint density at radius 1 is 1.52 bits per heavy atom. The number of ether oxygens (including phenoxy) is 1. The zero-order valence-electron chi connectivity index (χ0n) is 13.4. The largest absolute Gasteiger partial charge is 0.373 e. The number of anilines is 1. The van der Waals surface area contributed by atoms with Gasteiger partial charge in [0, 0.05) is 25.4 Å². The van der Waals surface area contributed by atoms with Gasteiger partial charge in [0.15, 0.2) is 5.76 Å². The molecule has 124 valence electrons. The number of hydrogen-bond acceptors (Lipinski definition) is 5. The van der Waals surface area contributed by atoms with E-state index in [1.807, 2.05) is 30.8 Å². The van der Waals surface area contributed by atoms with Gasteiger partial charge < -0.3 is 19.5 Å². The lowest BCUT2D eigenvalue weighted by molar-refractivity contribution is -0.0219. The third kappa shape index (κ3) is 3.53. The Morgan fingerprint density at radius 3 is 3.13 bits per heavy atom. The van der Waals surface area contributed by atoms with Crippen molar-refractivity contribution in [2.45, 2.75) is 32.9 Å². The Hall–Kier alpha value is -2.35. The van der Waals surface area contributed by atoms with Crippen molar-refractivity contribution in [1.82, 2.24) is 19.8 Å². The van der Waals surface area contributed by atoms with Crippen molar-refractivity contribution in [3.05, 3.63) is 29.9 Å². The molecule has 8 nitrogen and oxygen atoms in total. The first kappa shape index (κ1) is 15.5. The highest BCUT2D eigenvalue weighted by Gasteiger charge is 2.26. The van der Waals surface area contributed by atoms with Gasteiger partial charge in [-0.15, -0.1) is 0 Å². The monoisotopic (exact) mass is 319 g/mol. The molecule has 8 heteroatoms. The zero-order valence-corrected chi connectivity index (χ0v) is 13.4. The standard InChI is InChI=1S/C15H21N5O3/c1-3-13-14(11(2)18-23-13)17-15(21)19-7-8-22-12(9-19)10-20-6-4-5-16-20/h4-6,12H,3,7-10H2,1-2H3,(H,17,21). The van der Waals surface area contributed by atoms with E-state index in [0.29, 0.717) is 49.8 Å². The number of nitrogens with zero attached hydrogens (tertiary/aromatic N) is 4. The maximum absolute atomic E-state index is 12.5. The van der Waals surface area contributed by atoms with Crippen molar-refractivity contribution in [2.24, 2.45) is 0 Å². The van der Waals surface area contributed by atoms with Crippen LogP contribution < -0.4 is 5.32 Å². The van der Waals surface area contributed by atoms with Crippen molar-refractivity contribution in [3.63, 3.8) is 0 Å². The van der Waals surface area contributed by atoms with Gasteiger partial charge in [-0.2, -0.15) is 5.10 Å². The summed E-state index contributed by atoms with van der Waals surface area (Å²) in [5, 5.41) is 11.0. The first-order valence-electron chi connectivity index (χ1n) is 7.77. The summed E-state index contributed by atoms with van der Waals surface area (Å²) in [4.78, 5) is 14.3. The molecule has 1 fully saturated rings. The van der Waals surface area contributed by atoms with Gasteiger partial charge in [0.1, 0.15) is 11.4 Å². The number of carbonyl (C=O) groups excluding carboxylic acids is 1. The summed E-state index contributed by atoms with van der Waals surface area (Å²) in [6, 6.07) is 1.72. The van der Waals surface area contributed by atoms with Crippen LogP contribution in [0.4, 0.5) is 10.5 Å². The number of rotatable bonds is 4. The van der Waals surface area contributed by atoms with Gasteiger partial charge in [0.2, 0.25) is 0 Å². The maximum Gasteiger partial charge on any atom is 0.322 e. The van der Waals surface area contributed by atoms with Gasteiger partial charge in [0.05, 0.1) is 25.8 Å². The minimum Gasteiger partial charge on any atom is -0.373 e. The van der Waals surface area contributed by atoms with E-state index in [9.17, 15) is 4.79 Å². The fraction of sp³-hybridized carbons (Fsp3) is 0.533. The van der Waals surface area contributed by atoms with E-state index in [4.69, 9.17) is 9.26 Å². The van der Waals surface area contributed by atoms with Crippen LogP contribution in [0.1, 0.15) is 18.4 Å². The van der Waals surface area contributed by atoms with Crippen molar-refractivity contribution in [3.8, 4) is 0 Å². The van der Waals surface area contributed by atoms with Gasteiger partial charge >= 0.3 is 6.03 Å². The van der Waals surface area contributed by atoms with Crippen LogP contribution in [0.15, 0.2) is 23.0 Å². The highest BCUT2D eigenvalue weighted by atomic mass is 16.5. The first-order valence-corrected chi connectivity index (χ1v) is 7.77. The van der Waals surface area contributed by atoms with E-state index >= 15 is 0 Å². The fourth-order valence-electron chi connectivity index (χ4n) is 2.64. The summed E-state index contributed by atoms with van der Waals surface area (Å²) in [6.07, 6.45) is 4.23. The maximum atomic E-state index is 12.5. The molecule has 2 aromatic heterocycles. The fourth-order valence-corrected chi connectivity index (χ4v) is 2.64. The lowest BCUT2D eigenvalue weighted by Gasteiger charge is -2.32. The van der Waals surface area contributed by atoms with Gasteiger partial charge in [-0.1, -0.05) is 12.1 Å². The molecule has 1 N–H and O–H groups in total. The summed E-state index contributed by atoms with van der Waals surface area (Å²) in [5.74, 6) is 0.692. The summed E-state index contributed by atoms with van der Waals surface area (Å²) < 4.78 is 12.7. The highest BCUT2D eigenvalue weighted by Crippen LogP contribution is 2.21. The Bertz CT molecular complexity index is 652. The van der Waals surface area contributed by atoms with Gasteiger partial charge in [-0.05, 0) is 13.0 Å². The number of nitrogens with one attached hydrogen (secondary N) is 1. The molecule has 1 saturated heterocycles. The smallest absolute Gasteiger partial charge is 0.322 e. The van der Waals surface area contributed by atoms with E-state index < -0.39 is 0 Å². The van der Waals surface area contributed by atoms with E-state index in [1.165, 1.54) is 0 Å². The topological polar surface area (TPSA) is 85.4 Å². The molecule has 0 radical (unpaired) electrons.